The zero-order valence-corrected chi connectivity index (χ0v) is 8.72. The second-order valence-corrected chi connectivity index (χ2v) is 4.07. The fourth-order valence-corrected chi connectivity index (χ4v) is 1.83. The maximum atomic E-state index is 11.9. The molecule has 1 amide bonds. The van der Waals surface area contributed by atoms with Gasteiger partial charge in [0.1, 0.15) is 6.26 Å². The lowest BCUT2D eigenvalue weighted by Crippen LogP contribution is -2.48. The second kappa shape index (κ2) is 4.02. The van der Waals surface area contributed by atoms with Crippen molar-refractivity contribution in [3.8, 4) is 0 Å². The van der Waals surface area contributed by atoms with E-state index in [1.54, 1.807) is 11.0 Å². The lowest BCUT2D eigenvalue weighted by Gasteiger charge is -2.34. The molecule has 0 radical (unpaired) electrons. The molecule has 2 rings (SSSR count). The highest BCUT2D eigenvalue weighted by molar-refractivity contribution is 5.92. The summed E-state index contributed by atoms with van der Waals surface area (Å²) in [6.45, 7) is 3.47. The normalized spacial score (nSPS) is 26.7. The summed E-state index contributed by atoms with van der Waals surface area (Å²) in [4.78, 5) is 13.7. The van der Waals surface area contributed by atoms with E-state index >= 15 is 0 Å². The van der Waals surface area contributed by atoms with Crippen molar-refractivity contribution in [2.24, 2.45) is 11.7 Å². The first-order valence-corrected chi connectivity index (χ1v) is 5.13. The Hall–Kier alpha value is -1.36. The Morgan fingerprint density at radius 2 is 2.53 bits per heavy atom. The number of carbonyl (C=O) groups excluding carboxylic acids is 1. The smallest absolute Gasteiger partial charge is 0.276 e. The topological polar surface area (TPSA) is 72.4 Å². The first-order chi connectivity index (χ1) is 7.18. The Bertz CT molecular complexity index is 336. The van der Waals surface area contributed by atoms with Gasteiger partial charge in [0.15, 0.2) is 5.69 Å². The third kappa shape index (κ3) is 2.02. The van der Waals surface area contributed by atoms with E-state index < -0.39 is 0 Å². The number of hydrogen-bond donors (Lipinski definition) is 1. The lowest BCUT2D eigenvalue weighted by molar-refractivity contribution is 0.0654. The molecule has 0 spiro atoms. The third-order valence-electron chi connectivity index (χ3n) is 2.92. The van der Waals surface area contributed by atoms with Crippen LogP contribution in [0, 0.1) is 5.92 Å². The van der Waals surface area contributed by atoms with Gasteiger partial charge < -0.3 is 15.2 Å². The number of nitrogens with two attached hydrogens (primary N) is 1. The predicted octanol–water partition coefficient (Wildman–Crippen LogP) is 0.484. The van der Waals surface area contributed by atoms with Crippen LogP contribution in [0.5, 0.6) is 0 Å². The molecule has 2 N–H and O–H groups in total. The largest absolute Gasteiger partial charge is 0.364 e. The number of amides is 1. The summed E-state index contributed by atoms with van der Waals surface area (Å²) in [7, 11) is 0. The van der Waals surface area contributed by atoms with Gasteiger partial charge >= 0.3 is 0 Å². The zero-order chi connectivity index (χ0) is 10.8. The molecule has 2 atom stereocenters. The predicted molar refractivity (Wildman–Crippen MR) is 54.2 cm³/mol. The Balaban J connectivity index is 2.03. The number of rotatable bonds is 1. The summed E-state index contributed by atoms with van der Waals surface area (Å²) in [6, 6.07) is 1.79. The molecule has 1 saturated heterocycles. The van der Waals surface area contributed by atoms with Gasteiger partial charge in [-0.3, -0.25) is 4.79 Å². The fourth-order valence-electron chi connectivity index (χ4n) is 1.83. The number of likely N-dealkylation sites (tertiary alicyclic amines) is 1. The number of hydrogen-bond acceptors (Lipinski definition) is 4. The molecular formula is C10H15N3O2. The minimum atomic E-state index is -0.0671. The molecular weight excluding hydrogens is 194 g/mol. The molecule has 0 bridgehead atoms. The quantitative estimate of drug-likeness (QED) is 0.730. The van der Waals surface area contributed by atoms with Crippen molar-refractivity contribution in [3.05, 3.63) is 18.0 Å². The van der Waals surface area contributed by atoms with Crippen molar-refractivity contribution in [2.75, 3.05) is 13.1 Å². The molecule has 82 valence electrons. The molecule has 1 aromatic heterocycles. The van der Waals surface area contributed by atoms with Crippen molar-refractivity contribution >= 4 is 5.91 Å². The molecule has 1 aliphatic heterocycles. The summed E-state index contributed by atoms with van der Waals surface area (Å²) in [6.07, 6.45) is 2.26. The molecule has 1 aliphatic rings. The molecule has 5 nitrogen and oxygen atoms in total. The van der Waals surface area contributed by atoms with E-state index in [9.17, 15) is 4.79 Å². The molecule has 2 unspecified atom stereocenters. The van der Waals surface area contributed by atoms with Crippen LogP contribution in [0.2, 0.25) is 0 Å². The number of carbonyl (C=O) groups is 1. The van der Waals surface area contributed by atoms with Crippen molar-refractivity contribution in [2.45, 2.75) is 19.4 Å². The van der Waals surface area contributed by atoms with Gasteiger partial charge in [0.05, 0.1) is 0 Å². The van der Waals surface area contributed by atoms with Gasteiger partial charge in [-0.15, -0.1) is 0 Å². The number of nitrogens with zero attached hydrogens (tertiary/aromatic N) is 2. The summed E-state index contributed by atoms with van der Waals surface area (Å²) in [5, 5.41) is 3.64. The fraction of sp³-hybridized carbons (Fsp3) is 0.600. The molecule has 0 aromatic carbocycles. The van der Waals surface area contributed by atoms with E-state index in [0.717, 1.165) is 6.42 Å². The van der Waals surface area contributed by atoms with E-state index in [2.05, 4.69) is 16.6 Å². The maximum absolute atomic E-state index is 11.9. The molecule has 15 heavy (non-hydrogen) atoms. The van der Waals surface area contributed by atoms with Crippen molar-refractivity contribution in [3.63, 3.8) is 0 Å². The van der Waals surface area contributed by atoms with Crippen LogP contribution >= 0.6 is 0 Å². The zero-order valence-electron chi connectivity index (χ0n) is 8.72. The summed E-state index contributed by atoms with van der Waals surface area (Å²) >= 11 is 0. The summed E-state index contributed by atoms with van der Waals surface area (Å²) in [5.74, 6) is 0.275. The molecule has 1 aromatic rings. The van der Waals surface area contributed by atoms with E-state index in [-0.39, 0.29) is 11.9 Å². The average molecular weight is 209 g/mol. The summed E-state index contributed by atoms with van der Waals surface area (Å²) < 4.78 is 4.65. The molecule has 5 heteroatoms. The van der Waals surface area contributed by atoms with Crippen LogP contribution < -0.4 is 5.73 Å². The maximum Gasteiger partial charge on any atom is 0.276 e. The Labute approximate surface area is 88.2 Å². The van der Waals surface area contributed by atoms with Gasteiger partial charge in [0.25, 0.3) is 5.91 Å². The first-order valence-electron chi connectivity index (χ1n) is 5.13. The highest BCUT2D eigenvalue weighted by Gasteiger charge is 2.27. The van der Waals surface area contributed by atoms with Gasteiger partial charge in [-0.2, -0.15) is 0 Å². The van der Waals surface area contributed by atoms with Crippen LogP contribution in [-0.2, 0) is 0 Å². The van der Waals surface area contributed by atoms with Gasteiger partial charge in [-0.25, -0.2) is 0 Å². The standard InChI is InChI=1S/C10H15N3O2/c1-7-6-13(4-2-8(7)11)10(14)9-3-5-15-12-9/h3,5,7-8H,2,4,6,11H2,1H3. The average Bonchev–Trinajstić information content (AvgIpc) is 2.74. The highest BCUT2D eigenvalue weighted by Crippen LogP contribution is 2.16. The monoisotopic (exact) mass is 209 g/mol. The first kappa shape index (κ1) is 10.2. The Morgan fingerprint density at radius 3 is 3.13 bits per heavy atom. The number of piperidine rings is 1. The molecule has 0 saturated carbocycles. The Morgan fingerprint density at radius 1 is 1.73 bits per heavy atom. The Kier molecular flexibility index (Phi) is 2.73. The van der Waals surface area contributed by atoms with Crippen LogP contribution in [0.3, 0.4) is 0 Å². The minimum absolute atomic E-state index is 0.0671. The van der Waals surface area contributed by atoms with Crippen molar-refractivity contribution < 1.29 is 9.32 Å². The van der Waals surface area contributed by atoms with Crippen LogP contribution in [0.15, 0.2) is 16.9 Å². The van der Waals surface area contributed by atoms with E-state index in [0.29, 0.717) is 24.7 Å². The van der Waals surface area contributed by atoms with Crippen molar-refractivity contribution in [1.29, 1.82) is 0 Å². The van der Waals surface area contributed by atoms with Crippen LogP contribution in [0.1, 0.15) is 23.8 Å². The number of aromatic nitrogens is 1. The van der Waals surface area contributed by atoms with E-state index in [4.69, 9.17) is 5.73 Å². The van der Waals surface area contributed by atoms with E-state index in [1.165, 1.54) is 6.26 Å². The SMILES string of the molecule is CC1CN(C(=O)c2ccon2)CCC1N. The van der Waals surface area contributed by atoms with Crippen LogP contribution in [0.25, 0.3) is 0 Å². The third-order valence-corrected chi connectivity index (χ3v) is 2.92. The van der Waals surface area contributed by atoms with Crippen LogP contribution in [-0.4, -0.2) is 35.1 Å². The van der Waals surface area contributed by atoms with Gasteiger partial charge in [-0.1, -0.05) is 12.1 Å². The lowest BCUT2D eigenvalue weighted by atomic mass is 9.94. The van der Waals surface area contributed by atoms with E-state index in [1.807, 2.05) is 0 Å². The molecule has 1 fully saturated rings. The second-order valence-electron chi connectivity index (χ2n) is 4.07. The molecule has 2 heterocycles. The minimum Gasteiger partial charge on any atom is -0.364 e. The van der Waals surface area contributed by atoms with Gasteiger partial charge in [0.2, 0.25) is 0 Å². The van der Waals surface area contributed by atoms with Crippen LogP contribution in [0.4, 0.5) is 0 Å². The summed E-state index contributed by atoms with van der Waals surface area (Å²) in [5.41, 5.74) is 6.26. The van der Waals surface area contributed by atoms with Crippen molar-refractivity contribution in [1.82, 2.24) is 10.1 Å². The van der Waals surface area contributed by atoms with Gasteiger partial charge in [0, 0.05) is 25.2 Å². The molecule has 0 aliphatic carbocycles. The highest BCUT2D eigenvalue weighted by atomic mass is 16.5. The van der Waals surface area contributed by atoms with Gasteiger partial charge in [-0.05, 0) is 12.3 Å².